The number of aryl methyl sites for hydroxylation is 1. The lowest BCUT2D eigenvalue weighted by Crippen LogP contribution is -1.77. The zero-order valence-electron chi connectivity index (χ0n) is 7.94. The van der Waals surface area contributed by atoms with E-state index in [1.54, 1.807) is 0 Å². The lowest BCUT2D eigenvalue weighted by Gasteiger charge is -1.95. The molecule has 0 aliphatic carbocycles. The van der Waals surface area contributed by atoms with Crippen LogP contribution in [-0.2, 0) is 7.05 Å². The molecule has 3 rings (SSSR count). The standard InChI is InChI=1S/C12H10N2/c1-14-7-10-6-9-4-2-3-5-11(9)13-12(10)8-14/h2-8H,1H3. The van der Waals surface area contributed by atoms with Gasteiger partial charge in [-0.05, 0) is 12.1 Å². The van der Waals surface area contributed by atoms with Gasteiger partial charge in [0.05, 0.1) is 11.0 Å². The quantitative estimate of drug-likeness (QED) is 0.522. The molecule has 0 unspecified atom stereocenters. The average molecular weight is 182 g/mol. The molecule has 0 fully saturated rings. The van der Waals surface area contributed by atoms with Crippen molar-refractivity contribution in [2.24, 2.45) is 7.05 Å². The van der Waals surface area contributed by atoms with Gasteiger partial charge in [-0.1, -0.05) is 18.2 Å². The molecule has 68 valence electrons. The van der Waals surface area contributed by atoms with Crippen molar-refractivity contribution < 1.29 is 0 Å². The monoisotopic (exact) mass is 182 g/mol. The summed E-state index contributed by atoms with van der Waals surface area (Å²) in [7, 11) is 2.02. The molecule has 0 amide bonds. The Morgan fingerprint density at radius 1 is 1.00 bits per heavy atom. The predicted molar refractivity (Wildman–Crippen MR) is 58.2 cm³/mol. The Hall–Kier alpha value is -1.83. The summed E-state index contributed by atoms with van der Waals surface area (Å²) in [6, 6.07) is 10.4. The second-order valence-corrected chi connectivity index (χ2v) is 3.58. The second kappa shape index (κ2) is 2.58. The predicted octanol–water partition coefficient (Wildman–Crippen LogP) is 2.73. The van der Waals surface area contributed by atoms with Crippen molar-refractivity contribution in [2.45, 2.75) is 0 Å². The molecule has 0 aliphatic rings. The van der Waals surface area contributed by atoms with Gasteiger partial charge in [-0.15, -0.1) is 0 Å². The lowest BCUT2D eigenvalue weighted by atomic mass is 10.2. The van der Waals surface area contributed by atoms with Crippen LogP contribution < -0.4 is 0 Å². The van der Waals surface area contributed by atoms with Crippen LogP contribution in [0.2, 0.25) is 0 Å². The summed E-state index contributed by atoms with van der Waals surface area (Å²) in [5.74, 6) is 0. The maximum Gasteiger partial charge on any atom is 0.0886 e. The van der Waals surface area contributed by atoms with Crippen molar-refractivity contribution in [1.29, 1.82) is 0 Å². The van der Waals surface area contributed by atoms with Gasteiger partial charge in [-0.3, -0.25) is 0 Å². The van der Waals surface area contributed by atoms with Crippen molar-refractivity contribution in [3.63, 3.8) is 0 Å². The zero-order valence-corrected chi connectivity index (χ0v) is 7.94. The second-order valence-electron chi connectivity index (χ2n) is 3.58. The van der Waals surface area contributed by atoms with Crippen LogP contribution in [0.25, 0.3) is 21.8 Å². The summed E-state index contributed by atoms with van der Waals surface area (Å²) >= 11 is 0. The summed E-state index contributed by atoms with van der Waals surface area (Å²) < 4.78 is 2.04. The number of hydrogen-bond donors (Lipinski definition) is 0. The van der Waals surface area contributed by atoms with Gasteiger partial charge in [0.2, 0.25) is 0 Å². The average Bonchev–Trinajstić information content (AvgIpc) is 2.53. The van der Waals surface area contributed by atoms with Gasteiger partial charge in [0.15, 0.2) is 0 Å². The third kappa shape index (κ3) is 1.01. The van der Waals surface area contributed by atoms with Crippen molar-refractivity contribution in [3.05, 3.63) is 42.7 Å². The highest BCUT2D eigenvalue weighted by Crippen LogP contribution is 2.19. The van der Waals surface area contributed by atoms with Crippen molar-refractivity contribution >= 4 is 21.8 Å². The zero-order chi connectivity index (χ0) is 9.54. The fourth-order valence-corrected chi connectivity index (χ4v) is 1.80. The van der Waals surface area contributed by atoms with E-state index < -0.39 is 0 Å². The van der Waals surface area contributed by atoms with Crippen LogP contribution in [0.15, 0.2) is 42.7 Å². The van der Waals surface area contributed by atoms with Gasteiger partial charge in [-0.2, -0.15) is 0 Å². The van der Waals surface area contributed by atoms with E-state index in [9.17, 15) is 0 Å². The number of benzene rings is 1. The molecule has 0 atom stereocenters. The number of pyridine rings is 1. The minimum absolute atomic E-state index is 1.06. The molecular formula is C12H10N2. The number of para-hydroxylation sites is 1. The van der Waals surface area contributed by atoms with Gasteiger partial charge in [0.25, 0.3) is 0 Å². The Kier molecular flexibility index (Phi) is 1.39. The smallest absolute Gasteiger partial charge is 0.0886 e. The maximum atomic E-state index is 4.58. The molecule has 0 spiro atoms. The highest BCUT2D eigenvalue weighted by atomic mass is 14.9. The Balaban J connectivity index is 2.51. The van der Waals surface area contributed by atoms with E-state index in [-0.39, 0.29) is 0 Å². The lowest BCUT2D eigenvalue weighted by molar-refractivity contribution is 0.932. The molecule has 3 aromatic rings. The normalized spacial score (nSPS) is 11.2. The number of fused-ring (bicyclic) bond motifs is 2. The first-order valence-electron chi connectivity index (χ1n) is 4.64. The fourth-order valence-electron chi connectivity index (χ4n) is 1.80. The van der Waals surface area contributed by atoms with E-state index in [0.29, 0.717) is 0 Å². The van der Waals surface area contributed by atoms with Gasteiger partial charge >= 0.3 is 0 Å². The van der Waals surface area contributed by atoms with Crippen molar-refractivity contribution in [1.82, 2.24) is 9.55 Å². The highest BCUT2D eigenvalue weighted by molar-refractivity contribution is 5.92. The van der Waals surface area contributed by atoms with Crippen LogP contribution in [0.3, 0.4) is 0 Å². The maximum absolute atomic E-state index is 4.58. The van der Waals surface area contributed by atoms with E-state index >= 15 is 0 Å². The summed E-state index contributed by atoms with van der Waals surface area (Å²) in [6.45, 7) is 0. The number of aromatic nitrogens is 2. The minimum atomic E-state index is 1.06. The summed E-state index contributed by atoms with van der Waals surface area (Å²) in [5, 5.41) is 2.40. The highest BCUT2D eigenvalue weighted by Gasteiger charge is 2.00. The molecule has 0 N–H and O–H groups in total. The molecule has 0 radical (unpaired) electrons. The van der Waals surface area contributed by atoms with Gasteiger partial charge in [0.1, 0.15) is 0 Å². The SMILES string of the molecule is Cn1cc2cc3ccccc3nc2c1. The third-order valence-corrected chi connectivity index (χ3v) is 2.45. The molecule has 14 heavy (non-hydrogen) atoms. The van der Waals surface area contributed by atoms with Crippen molar-refractivity contribution in [2.75, 3.05) is 0 Å². The molecule has 2 nitrogen and oxygen atoms in total. The largest absolute Gasteiger partial charge is 0.354 e. The Labute approximate surface area is 81.8 Å². The molecule has 0 saturated carbocycles. The first-order chi connectivity index (χ1) is 6.83. The first-order valence-corrected chi connectivity index (χ1v) is 4.64. The van der Waals surface area contributed by atoms with Crippen LogP contribution in [0.1, 0.15) is 0 Å². The van der Waals surface area contributed by atoms with E-state index in [2.05, 4.69) is 23.3 Å². The van der Waals surface area contributed by atoms with Crippen LogP contribution in [0.4, 0.5) is 0 Å². The summed E-state index contributed by atoms with van der Waals surface area (Å²) in [6.07, 6.45) is 4.14. The van der Waals surface area contributed by atoms with Crippen LogP contribution in [0.5, 0.6) is 0 Å². The van der Waals surface area contributed by atoms with E-state index in [0.717, 1.165) is 11.0 Å². The Morgan fingerprint density at radius 3 is 2.79 bits per heavy atom. The Bertz CT molecular complexity index is 555. The molecule has 0 aliphatic heterocycles. The van der Waals surface area contributed by atoms with Crippen LogP contribution in [0, 0.1) is 0 Å². The third-order valence-electron chi connectivity index (χ3n) is 2.45. The molecule has 1 aromatic carbocycles. The van der Waals surface area contributed by atoms with E-state index in [4.69, 9.17) is 0 Å². The summed E-state index contributed by atoms with van der Waals surface area (Å²) in [5.41, 5.74) is 2.12. The van der Waals surface area contributed by atoms with Crippen molar-refractivity contribution in [3.8, 4) is 0 Å². The number of rotatable bonds is 0. The molecule has 2 heteroatoms. The molecule has 0 saturated heterocycles. The Morgan fingerprint density at radius 2 is 1.86 bits per heavy atom. The molecular weight excluding hydrogens is 172 g/mol. The number of nitrogens with zero attached hydrogens (tertiary/aromatic N) is 2. The fraction of sp³-hybridized carbons (Fsp3) is 0.0833. The minimum Gasteiger partial charge on any atom is -0.354 e. The van der Waals surface area contributed by atoms with Crippen LogP contribution in [-0.4, -0.2) is 9.55 Å². The number of hydrogen-bond acceptors (Lipinski definition) is 1. The van der Waals surface area contributed by atoms with Gasteiger partial charge in [-0.25, -0.2) is 4.98 Å². The molecule has 2 aromatic heterocycles. The van der Waals surface area contributed by atoms with Crippen LogP contribution >= 0.6 is 0 Å². The molecule has 2 heterocycles. The topological polar surface area (TPSA) is 17.8 Å². The summed E-state index contributed by atoms with van der Waals surface area (Å²) in [4.78, 5) is 4.58. The van der Waals surface area contributed by atoms with E-state index in [1.807, 2.05) is 36.0 Å². The van der Waals surface area contributed by atoms with E-state index in [1.165, 1.54) is 10.8 Å². The van der Waals surface area contributed by atoms with Gasteiger partial charge in [0, 0.05) is 30.2 Å². The molecule has 0 bridgehead atoms. The first kappa shape index (κ1) is 7.56. The van der Waals surface area contributed by atoms with Gasteiger partial charge < -0.3 is 4.57 Å².